The van der Waals surface area contributed by atoms with Crippen molar-refractivity contribution in [1.29, 1.82) is 0 Å². The van der Waals surface area contributed by atoms with E-state index in [-0.39, 0.29) is 5.82 Å². The minimum atomic E-state index is -0.278. The lowest BCUT2D eigenvalue weighted by molar-refractivity contribution is 0.415. The maximum Gasteiger partial charge on any atom is 0.145 e. The lowest BCUT2D eigenvalue weighted by Crippen LogP contribution is -1.85. The molecule has 0 atom stereocenters. The summed E-state index contributed by atoms with van der Waals surface area (Å²) in [4.78, 5) is 3.10. The van der Waals surface area contributed by atoms with Gasteiger partial charge in [0.05, 0.1) is 16.3 Å². The third-order valence-electron chi connectivity index (χ3n) is 1.84. The second-order valence-electron chi connectivity index (χ2n) is 2.69. The summed E-state index contributed by atoms with van der Waals surface area (Å²) in [7, 11) is 1.53. The normalized spacial score (nSPS) is 10.7. The topological polar surface area (TPSA) is 25.0 Å². The zero-order valence-corrected chi connectivity index (χ0v) is 9.05. The van der Waals surface area contributed by atoms with E-state index in [0.717, 1.165) is 14.6 Å². The number of hydrogen-bond donors (Lipinski definition) is 1. The highest BCUT2D eigenvalue weighted by atomic mass is 127. The Bertz CT molecular complexity index is 452. The average Bonchev–Trinajstić information content (AvgIpc) is 2.43. The van der Waals surface area contributed by atoms with Crippen LogP contribution in [-0.2, 0) is 0 Å². The summed E-state index contributed by atoms with van der Waals surface area (Å²) < 4.78 is 19.0. The molecule has 4 heteroatoms. The number of fused-ring (bicyclic) bond motifs is 1. The molecule has 2 aromatic rings. The molecule has 13 heavy (non-hydrogen) atoms. The van der Waals surface area contributed by atoms with E-state index < -0.39 is 0 Å². The summed E-state index contributed by atoms with van der Waals surface area (Å²) in [5.74, 6) is 0.262. The molecule has 0 bridgehead atoms. The molecule has 0 unspecified atom stereocenters. The Balaban J connectivity index is 2.80. The van der Waals surface area contributed by atoms with Gasteiger partial charge in [0, 0.05) is 11.5 Å². The van der Waals surface area contributed by atoms with E-state index in [1.807, 2.05) is 6.07 Å². The van der Waals surface area contributed by atoms with Crippen molar-refractivity contribution < 1.29 is 9.13 Å². The van der Waals surface area contributed by atoms with Crippen LogP contribution in [0.25, 0.3) is 10.9 Å². The highest BCUT2D eigenvalue weighted by Gasteiger charge is 2.06. The van der Waals surface area contributed by atoms with Gasteiger partial charge in [-0.25, -0.2) is 4.39 Å². The van der Waals surface area contributed by atoms with E-state index in [1.54, 1.807) is 0 Å². The summed E-state index contributed by atoms with van der Waals surface area (Å²) in [5, 5.41) is 0.834. The van der Waals surface area contributed by atoms with Crippen LogP contribution in [0.4, 0.5) is 4.39 Å². The van der Waals surface area contributed by atoms with E-state index in [9.17, 15) is 4.39 Å². The van der Waals surface area contributed by atoms with Gasteiger partial charge in [-0.15, -0.1) is 0 Å². The largest absolute Gasteiger partial charge is 0.494 e. The second kappa shape index (κ2) is 3.17. The Kier molecular flexibility index (Phi) is 2.15. The maximum atomic E-state index is 13.0. The van der Waals surface area contributed by atoms with Crippen LogP contribution in [0.2, 0.25) is 0 Å². The van der Waals surface area contributed by atoms with Gasteiger partial charge < -0.3 is 9.72 Å². The molecular weight excluding hydrogens is 284 g/mol. The molecule has 2 nitrogen and oxygen atoms in total. The van der Waals surface area contributed by atoms with Gasteiger partial charge in [-0.2, -0.15) is 0 Å². The minimum Gasteiger partial charge on any atom is -0.494 e. The molecule has 0 radical (unpaired) electrons. The number of halogens is 2. The van der Waals surface area contributed by atoms with Gasteiger partial charge in [0.25, 0.3) is 0 Å². The molecule has 0 aliphatic carbocycles. The Morgan fingerprint density at radius 3 is 2.85 bits per heavy atom. The highest BCUT2D eigenvalue weighted by Crippen LogP contribution is 2.27. The molecular formula is C9H7FINO. The number of ether oxygens (including phenoxy) is 1. The first kappa shape index (κ1) is 8.80. The summed E-state index contributed by atoms with van der Waals surface area (Å²) >= 11 is 2.14. The predicted molar refractivity (Wildman–Crippen MR) is 57.5 cm³/mol. The quantitative estimate of drug-likeness (QED) is 0.803. The molecule has 1 heterocycles. The van der Waals surface area contributed by atoms with Gasteiger partial charge in [-0.05, 0) is 34.7 Å². The maximum absolute atomic E-state index is 13.0. The molecule has 0 fully saturated rings. The van der Waals surface area contributed by atoms with Crippen molar-refractivity contribution in [2.24, 2.45) is 0 Å². The Hall–Kier alpha value is -0.780. The molecule has 0 saturated heterocycles. The first-order valence-electron chi connectivity index (χ1n) is 3.72. The van der Waals surface area contributed by atoms with E-state index in [4.69, 9.17) is 4.74 Å². The number of benzene rings is 1. The van der Waals surface area contributed by atoms with E-state index in [2.05, 4.69) is 27.6 Å². The van der Waals surface area contributed by atoms with E-state index in [0.29, 0.717) is 5.75 Å². The number of nitrogens with one attached hydrogen (secondary N) is 1. The van der Waals surface area contributed by atoms with Crippen molar-refractivity contribution in [2.75, 3.05) is 7.11 Å². The first-order chi connectivity index (χ1) is 6.20. The van der Waals surface area contributed by atoms with Gasteiger partial charge in [-0.1, -0.05) is 0 Å². The molecule has 1 aromatic carbocycles. The fourth-order valence-electron chi connectivity index (χ4n) is 1.30. The molecule has 0 spiro atoms. The molecule has 2 rings (SSSR count). The number of hydrogen-bond acceptors (Lipinski definition) is 1. The summed E-state index contributed by atoms with van der Waals surface area (Å²) in [6.45, 7) is 0. The van der Waals surface area contributed by atoms with Crippen LogP contribution in [0.5, 0.6) is 5.75 Å². The van der Waals surface area contributed by atoms with Crippen molar-refractivity contribution in [3.63, 3.8) is 0 Å². The van der Waals surface area contributed by atoms with Crippen LogP contribution in [0.3, 0.4) is 0 Å². The molecule has 1 N–H and O–H groups in total. The zero-order chi connectivity index (χ0) is 9.42. The predicted octanol–water partition coefficient (Wildman–Crippen LogP) is 2.92. The average molecular weight is 291 g/mol. The van der Waals surface area contributed by atoms with Crippen molar-refractivity contribution in [1.82, 2.24) is 4.98 Å². The lowest BCUT2D eigenvalue weighted by Gasteiger charge is -2.00. The van der Waals surface area contributed by atoms with Crippen molar-refractivity contribution in [2.45, 2.75) is 0 Å². The van der Waals surface area contributed by atoms with E-state index in [1.165, 1.54) is 19.2 Å². The van der Waals surface area contributed by atoms with Crippen molar-refractivity contribution in [3.8, 4) is 5.75 Å². The summed E-state index contributed by atoms with van der Waals surface area (Å²) in [6, 6.07) is 4.73. The number of rotatable bonds is 1. The van der Waals surface area contributed by atoms with Crippen molar-refractivity contribution >= 4 is 33.5 Å². The monoisotopic (exact) mass is 291 g/mol. The van der Waals surface area contributed by atoms with Crippen molar-refractivity contribution in [3.05, 3.63) is 27.7 Å². The lowest BCUT2D eigenvalue weighted by atomic mass is 10.2. The van der Waals surface area contributed by atoms with E-state index >= 15 is 0 Å². The third-order valence-corrected chi connectivity index (χ3v) is 2.43. The first-order valence-corrected chi connectivity index (χ1v) is 4.80. The standard InChI is InChI=1S/C9H7FINO/c1-13-7-4-6(10)2-5-3-8(11)12-9(5)7/h2-4,12H,1H3. The van der Waals surface area contributed by atoms with Crippen LogP contribution >= 0.6 is 22.6 Å². The SMILES string of the molecule is COc1cc(F)cc2cc(I)[nH]c12. The molecule has 0 aliphatic rings. The number of methoxy groups -OCH3 is 1. The number of aromatic nitrogens is 1. The molecule has 1 aromatic heterocycles. The summed E-state index contributed by atoms with van der Waals surface area (Å²) in [6.07, 6.45) is 0. The van der Waals surface area contributed by atoms with Crippen LogP contribution < -0.4 is 4.74 Å². The Morgan fingerprint density at radius 2 is 2.15 bits per heavy atom. The van der Waals surface area contributed by atoms with Crippen LogP contribution in [0.1, 0.15) is 0 Å². The molecule has 68 valence electrons. The molecule has 0 saturated carbocycles. The number of aromatic amines is 1. The molecule has 0 amide bonds. The Labute approximate surface area is 88.2 Å². The van der Waals surface area contributed by atoms with Gasteiger partial charge >= 0.3 is 0 Å². The third kappa shape index (κ3) is 1.50. The molecule has 0 aliphatic heterocycles. The fourth-order valence-corrected chi connectivity index (χ4v) is 1.91. The van der Waals surface area contributed by atoms with Gasteiger partial charge in [0.2, 0.25) is 0 Å². The van der Waals surface area contributed by atoms with Gasteiger partial charge in [0.15, 0.2) is 0 Å². The van der Waals surface area contributed by atoms with Crippen LogP contribution in [0, 0.1) is 9.52 Å². The van der Waals surface area contributed by atoms with Gasteiger partial charge in [-0.3, -0.25) is 0 Å². The second-order valence-corrected chi connectivity index (χ2v) is 3.85. The highest BCUT2D eigenvalue weighted by molar-refractivity contribution is 14.1. The van der Waals surface area contributed by atoms with Crippen LogP contribution in [-0.4, -0.2) is 12.1 Å². The fraction of sp³-hybridized carbons (Fsp3) is 0.111. The minimum absolute atomic E-state index is 0.278. The Morgan fingerprint density at radius 1 is 1.38 bits per heavy atom. The zero-order valence-electron chi connectivity index (χ0n) is 6.90. The summed E-state index contributed by atoms with van der Waals surface area (Å²) in [5.41, 5.74) is 0.841. The van der Waals surface area contributed by atoms with Crippen LogP contribution in [0.15, 0.2) is 18.2 Å². The smallest absolute Gasteiger partial charge is 0.145 e. The number of H-pyrrole nitrogens is 1. The van der Waals surface area contributed by atoms with Gasteiger partial charge in [0.1, 0.15) is 11.6 Å².